The molecule has 0 amide bonds. The number of anilines is 1. The fraction of sp³-hybridized carbons (Fsp3) is 0.200. The highest BCUT2D eigenvalue weighted by Gasteiger charge is 2.09. The van der Waals surface area contributed by atoms with Crippen LogP contribution in [0.2, 0.25) is 0 Å². The van der Waals surface area contributed by atoms with Crippen molar-refractivity contribution in [3.63, 3.8) is 0 Å². The van der Waals surface area contributed by atoms with Crippen LogP contribution < -0.4 is 10.6 Å². The summed E-state index contributed by atoms with van der Waals surface area (Å²) in [7, 11) is 1.86. The van der Waals surface area contributed by atoms with Crippen molar-refractivity contribution >= 4 is 23.0 Å². The van der Waals surface area contributed by atoms with Crippen molar-refractivity contribution in [2.45, 2.75) is 13.5 Å². The van der Waals surface area contributed by atoms with Crippen molar-refractivity contribution in [2.24, 2.45) is 5.73 Å². The zero-order chi connectivity index (χ0) is 14.7. The Morgan fingerprint density at radius 1 is 1.35 bits per heavy atom. The van der Waals surface area contributed by atoms with Crippen LogP contribution in [0.5, 0.6) is 0 Å². The van der Waals surface area contributed by atoms with Gasteiger partial charge in [-0.15, -0.1) is 0 Å². The van der Waals surface area contributed by atoms with E-state index < -0.39 is 0 Å². The van der Waals surface area contributed by atoms with Gasteiger partial charge in [0.1, 0.15) is 16.6 Å². The molecule has 0 unspecified atom stereocenters. The number of nitrogens with zero attached hydrogens (tertiary/aromatic N) is 2. The minimum Gasteiger partial charge on any atom is -0.389 e. The first-order valence-corrected chi connectivity index (χ1v) is 6.61. The van der Waals surface area contributed by atoms with Gasteiger partial charge in [0.25, 0.3) is 0 Å². The number of hydrogen-bond acceptors (Lipinski definition) is 3. The minimum absolute atomic E-state index is 0.221. The number of nitrogens with two attached hydrogens (primary N) is 1. The number of halogens is 1. The SMILES string of the molecule is Cc1cc(C(N)=S)cc(N(C)Cc2ccccc2F)n1. The Kier molecular flexibility index (Phi) is 4.29. The molecule has 3 nitrogen and oxygen atoms in total. The second-order valence-electron chi connectivity index (χ2n) is 4.67. The van der Waals surface area contributed by atoms with Crippen LogP contribution in [-0.2, 0) is 6.54 Å². The van der Waals surface area contributed by atoms with Crippen molar-refractivity contribution in [3.05, 3.63) is 59.0 Å². The Hall–Kier alpha value is -2.01. The molecule has 0 bridgehead atoms. The van der Waals surface area contributed by atoms with Gasteiger partial charge >= 0.3 is 0 Å². The zero-order valence-corrected chi connectivity index (χ0v) is 12.2. The highest BCUT2D eigenvalue weighted by atomic mass is 32.1. The second-order valence-corrected chi connectivity index (χ2v) is 5.11. The van der Waals surface area contributed by atoms with E-state index in [1.165, 1.54) is 6.07 Å². The third-order valence-corrected chi connectivity index (χ3v) is 3.22. The van der Waals surface area contributed by atoms with Crippen molar-refractivity contribution in [1.29, 1.82) is 0 Å². The molecular weight excluding hydrogens is 273 g/mol. The van der Waals surface area contributed by atoms with Crippen LogP contribution >= 0.6 is 12.2 Å². The molecule has 1 aromatic heterocycles. The third-order valence-electron chi connectivity index (χ3n) is 2.98. The Labute approximate surface area is 123 Å². The molecule has 0 saturated carbocycles. The average Bonchev–Trinajstić information content (AvgIpc) is 2.40. The number of aryl methyl sites for hydroxylation is 1. The first-order valence-electron chi connectivity index (χ1n) is 6.20. The quantitative estimate of drug-likeness (QED) is 0.879. The first-order chi connectivity index (χ1) is 9.47. The molecule has 104 valence electrons. The molecule has 0 fully saturated rings. The molecule has 0 saturated heterocycles. The Morgan fingerprint density at radius 2 is 2.05 bits per heavy atom. The second kappa shape index (κ2) is 5.96. The lowest BCUT2D eigenvalue weighted by Crippen LogP contribution is -2.20. The van der Waals surface area contributed by atoms with E-state index in [0.29, 0.717) is 17.1 Å². The normalized spacial score (nSPS) is 10.3. The van der Waals surface area contributed by atoms with Crippen LogP contribution in [0.1, 0.15) is 16.8 Å². The van der Waals surface area contributed by atoms with Gasteiger partial charge in [-0.3, -0.25) is 0 Å². The van der Waals surface area contributed by atoms with Gasteiger partial charge in [0.15, 0.2) is 0 Å². The topological polar surface area (TPSA) is 42.1 Å². The molecule has 2 aromatic rings. The molecule has 2 N–H and O–H groups in total. The standard InChI is InChI=1S/C15H16FN3S/c1-10-7-12(15(17)20)8-14(18-10)19(2)9-11-5-3-4-6-13(11)16/h3-8H,9H2,1-2H3,(H2,17,20). The summed E-state index contributed by atoms with van der Waals surface area (Å²) in [5.74, 6) is 0.498. The van der Waals surface area contributed by atoms with Gasteiger partial charge < -0.3 is 10.6 Å². The molecule has 5 heteroatoms. The van der Waals surface area contributed by atoms with E-state index in [0.717, 1.165) is 17.1 Å². The van der Waals surface area contributed by atoms with Crippen molar-refractivity contribution < 1.29 is 4.39 Å². The first kappa shape index (κ1) is 14.4. The number of aromatic nitrogens is 1. The molecule has 2 rings (SSSR count). The molecule has 0 radical (unpaired) electrons. The minimum atomic E-state index is -0.221. The smallest absolute Gasteiger partial charge is 0.129 e. The monoisotopic (exact) mass is 289 g/mol. The molecule has 20 heavy (non-hydrogen) atoms. The van der Waals surface area contributed by atoms with Gasteiger partial charge in [-0.2, -0.15) is 0 Å². The highest BCUT2D eigenvalue weighted by Crippen LogP contribution is 2.17. The van der Waals surface area contributed by atoms with Gasteiger partial charge in [-0.25, -0.2) is 9.37 Å². The molecular formula is C15H16FN3S. The average molecular weight is 289 g/mol. The molecule has 1 aromatic carbocycles. The van der Waals surface area contributed by atoms with Crippen LogP contribution in [0.15, 0.2) is 36.4 Å². The number of hydrogen-bond donors (Lipinski definition) is 1. The summed E-state index contributed by atoms with van der Waals surface area (Å²) in [5.41, 5.74) is 7.87. The van der Waals surface area contributed by atoms with Crippen LogP contribution in [0.3, 0.4) is 0 Å². The lowest BCUT2D eigenvalue weighted by molar-refractivity contribution is 0.607. The Bertz CT molecular complexity index is 643. The highest BCUT2D eigenvalue weighted by molar-refractivity contribution is 7.80. The maximum absolute atomic E-state index is 13.7. The van der Waals surface area contributed by atoms with E-state index >= 15 is 0 Å². The number of benzene rings is 1. The predicted molar refractivity (Wildman–Crippen MR) is 83.4 cm³/mol. The summed E-state index contributed by atoms with van der Waals surface area (Å²) in [4.78, 5) is 6.63. The van der Waals surface area contributed by atoms with E-state index in [2.05, 4.69) is 4.98 Å². The van der Waals surface area contributed by atoms with E-state index in [-0.39, 0.29) is 5.82 Å². The van der Waals surface area contributed by atoms with Crippen molar-refractivity contribution in [1.82, 2.24) is 4.98 Å². The summed E-state index contributed by atoms with van der Waals surface area (Å²) in [6.07, 6.45) is 0. The zero-order valence-electron chi connectivity index (χ0n) is 11.4. The molecule has 1 heterocycles. The molecule has 0 spiro atoms. The van der Waals surface area contributed by atoms with Gasteiger partial charge in [0.2, 0.25) is 0 Å². The van der Waals surface area contributed by atoms with E-state index in [1.54, 1.807) is 12.1 Å². The van der Waals surface area contributed by atoms with Crippen LogP contribution in [0.25, 0.3) is 0 Å². The van der Waals surface area contributed by atoms with Gasteiger partial charge in [0.05, 0.1) is 0 Å². The summed E-state index contributed by atoms with van der Waals surface area (Å²) >= 11 is 4.99. The number of pyridine rings is 1. The molecule has 0 aliphatic carbocycles. The van der Waals surface area contributed by atoms with Gasteiger partial charge in [-0.05, 0) is 25.1 Å². The lowest BCUT2D eigenvalue weighted by atomic mass is 10.2. The lowest BCUT2D eigenvalue weighted by Gasteiger charge is -2.20. The summed E-state index contributed by atoms with van der Waals surface area (Å²) in [6, 6.07) is 10.4. The largest absolute Gasteiger partial charge is 0.389 e. The Balaban J connectivity index is 2.27. The fourth-order valence-corrected chi connectivity index (χ4v) is 2.07. The van der Waals surface area contributed by atoms with Crippen molar-refractivity contribution in [3.8, 4) is 0 Å². The number of thiocarbonyl (C=S) groups is 1. The van der Waals surface area contributed by atoms with Crippen LogP contribution in [-0.4, -0.2) is 17.0 Å². The van der Waals surface area contributed by atoms with E-state index in [9.17, 15) is 4.39 Å². The summed E-state index contributed by atoms with van der Waals surface area (Å²) in [5, 5.41) is 0. The fourth-order valence-electron chi connectivity index (χ4n) is 1.95. The molecule has 0 aliphatic heterocycles. The number of rotatable bonds is 4. The predicted octanol–water partition coefficient (Wildman–Crippen LogP) is 2.80. The molecule has 0 aliphatic rings. The van der Waals surface area contributed by atoms with Crippen LogP contribution in [0.4, 0.5) is 10.2 Å². The van der Waals surface area contributed by atoms with Crippen molar-refractivity contribution in [2.75, 3.05) is 11.9 Å². The maximum Gasteiger partial charge on any atom is 0.129 e. The third kappa shape index (κ3) is 3.30. The van der Waals surface area contributed by atoms with Gasteiger partial charge in [0, 0.05) is 30.4 Å². The Morgan fingerprint density at radius 3 is 2.70 bits per heavy atom. The van der Waals surface area contributed by atoms with E-state index in [1.807, 2.05) is 37.1 Å². The molecule has 0 atom stereocenters. The van der Waals surface area contributed by atoms with Crippen LogP contribution in [0, 0.1) is 12.7 Å². The summed E-state index contributed by atoms with van der Waals surface area (Å²) in [6.45, 7) is 2.31. The van der Waals surface area contributed by atoms with E-state index in [4.69, 9.17) is 18.0 Å². The van der Waals surface area contributed by atoms with Gasteiger partial charge in [-0.1, -0.05) is 30.4 Å². The summed E-state index contributed by atoms with van der Waals surface area (Å²) < 4.78 is 13.7. The maximum atomic E-state index is 13.7.